The van der Waals surface area contributed by atoms with Gasteiger partial charge in [-0.05, 0) is 109 Å². The minimum Gasteiger partial charge on any atom is -0.378 e. The molecule has 1 heterocycles. The largest absolute Gasteiger partial charge is 0.378 e. The van der Waals surface area contributed by atoms with Crippen LogP contribution in [0.1, 0.15) is 43.7 Å². The van der Waals surface area contributed by atoms with Crippen LogP contribution < -0.4 is 5.32 Å². The van der Waals surface area contributed by atoms with Crippen LogP contribution in [0.15, 0.2) is 115 Å². The molecule has 1 fully saturated rings. The monoisotopic (exact) mass is 536 g/mol. The predicted octanol–water partition coefficient (Wildman–Crippen LogP) is 9.29. The van der Waals surface area contributed by atoms with Crippen molar-refractivity contribution in [2.75, 3.05) is 27.2 Å². The molecule has 210 valence electrons. The zero-order chi connectivity index (χ0) is 28.9. The van der Waals surface area contributed by atoms with Gasteiger partial charge in [0.05, 0.1) is 0 Å². The molecule has 3 heteroatoms. The molecular weight excluding hydrogens is 491 g/mol. The van der Waals surface area contributed by atoms with E-state index in [1.165, 1.54) is 71.5 Å². The molecule has 2 nitrogen and oxygen atoms in total. The smallest absolute Gasteiger partial charge is 0.123 e. The van der Waals surface area contributed by atoms with Crippen molar-refractivity contribution < 1.29 is 4.39 Å². The summed E-state index contributed by atoms with van der Waals surface area (Å²) in [6.45, 7) is 14.6. The van der Waals surface area contributed by atoms with Gasteiger partial charge < -0.3 is 10.2 Å². The maximum Gasteiger partial charge on any atom is 0.123 e. The Kier molecular flexibility index (Phi) is 12.2. The lowest BCUT2D eigenvalue weighted by Crippen LogP contribution is -2.13. The van der Waals surface area contributed by atoms with Gasteiger partial charge in [0.25, 0.3) is 0 Å². The average molecular weight is 537 g/mol. The van der Waals surface area contributed by atoms with Gasteiger partial charge in [0.1, 0.15) is 5.82 Å². The number of allylic oxidation sites excluding steroid dienone is 5. The average Bonchev–Trinajstić information content (AvgIpc) is 3.58. The van der Waals surface area contributed by atoms with Crippen molar-refractivity contribution >= 4 is 0 Å². The van der Waals surface area contributed by atoms with E-state index < -0.39 is 0 Å². The summed E-state index contributed by atoms with van der Waals surface area (Å²) in [5.41, 5.74) is 10.8. The number of aryl methyl sites for hydroxylation is 2. The number of hydrogen-bond donors (Lipinski definition) is 1. The topological polar surface area (TPSA) is 15.3 Å². The Morgan fingerprint density at radius 2 is 1.48 bits per heavy atom. The molecule has 0 bridgehead atoms. The predicted molar refractivity (Wildman–Crippen MR) is 172 cm³/mol. The standard InChI is InChI=1S/C21H19F.C12H17N.C4H9N/c1-3-16-12-19(17-6-4-15(2)5-7-17)14-20(13-16)18-8-10-21(22)11-9-18;1-5-11-8-6-7-9-12(11)10(2)13(3)4;1-2-4-5-3-1/h4-14H,3H2,1-2H3;5-6,8H,1-2,7,9H2,3-4H3;5H,1-4H2. The number of benzene rings is 3. The van der Waals surface area contributed by atoms with Crippen LogP contribution in [-0.2, 0) is 6.42 Å². The van der Waals surface area contributed by atoms with Gasteiger partial charge in [-0.2, -0.15) is 0 Å². The SMILES string of the molecule is C1CCNC1.C=CC1=C(C(=C)N(C)C)CCC=C1.CCc1cc(-c2ccc(C)cc2)cc(-c2ccc(F)cc2)c1. The second-order valence-corrected chi connectivity index (χ2v) is 10.5. The summed E-state index contributed by atoms with van der Waals surface area (Å²) in [4.78, 5) is 2.05. The normalized spacial score (nSPS) is 14.0. The van der Waals surface area contributed by atoms with Crippen molar-refractivity contribution in [1.82, 2.24) is 10.2 Å². The van der Waals surface area contributed by atoms with Gasteiger partial charge in [-0.3, -0.25) is 0 Å². The fraction of sp³-hybridized carbons (Fsp3) is 0.297. The van der Waals surface area contributed by atoms with Gasteiger partial charge in [-0.25, -0.2) is 4.39 Å². The molecule has 0 radical (unpaired) electrons. The van der Waals surface area contributed by atoms with Crippen molar-refractivity contribution in [2.24, 2.45) is 0 Å². The first-order chi connectivity index (χ1) is 19.3. The van der Waals surface area contributed by atoms with E-state index in [0.29, 0.717) is 0 Å². The van der Waals surface area contributed by atoms with Gasteiger partial charge in [-0.1, -0.05) is 92.4 Å². The third-order valence-corrected chi connectivity index (χ3v) is 7.24. The first-order valence-electron chi connectivity index (χ1n) is 14.4. The quantitative estimate of drug-likeness (QED) is 0.338. The summed E-state index contributed by atoms with van der Waals surface area (Å²) in [6.07, 6.45) is 12.2. The molecule has 3 aromatic rings. The highest BCUT2D eigenvalue weighted by molar-refractivity contribution is 5.74. The first kappa shape index (κ1) is 30.8. The Balaban J connectivity index is 0.000000206. The van der Waals surface area contributed by atoms with E-state index in [2.05, 4.69) is 91.8 Å². The van der Waals surface area contributed by atoms with Crippen molar-refractivity contribution in [3.63, 3.8) is 0 Å². The molecule has 0 aromatic heterocycles. The maximum atomic E-state index is 13.1. The lowest BCUT2D eigenvalue weighted by Gasteiger charge is -2.22. The summed E-state index contributed by atoms with van der Waals surface area (Å²) in [6, 6.07) is 21.9. The molecule has 1 aliphatic carbocycles. The summed E-state index contributed by atoms with van der Waals surface area (Å²) in [5, 5.41) is 3.22. The zero-order valence-corrected chi connectivity index (χ0v) is 24.8. The van der Waals surface area contributed by atoms with Crippen molar-refractivity contribution in [3.05, 3.63) is 132 Å². The van der Waals surface area contributed by atoms with Crippen molar-refractivity contribution in [3.8, 4) is 22.3 Å². The van der Waals surface area contributed by atoms with Crippen LogP contribution in [0.3, 0.4) is 0 Å². The molecule has 1 aliphatic heterocycles. The summed E-state index contributed by atoms with van der Waals surface area (Å²) >= 11 is 0. The Labute approximate surface area is 241 Å². The highest BCUT2D eigenvalue weighted by Gasteiger charge is 2.10. The number of likely N-dealkylation sites (N-methyl/N-ethyl adjacent to an activating group) is 1. The van der Waals surface area contributed by atoms with Crippen LogP contribution in [0, 0.1) is 12.7 Å². The Bertz CT molecular complexity index is 1240. The van der Waals surface area contributed by atoms with Crippen LogP contribution in [-0.4, -0.2) is 32.1 Å². The molecule has 1 saturated heterocycles. The summed E-state index contributed by atoms with van der Waals surface area (Å²) in [7, 11) is 4.04. The number of nitrogens with one attached hydrogen (secondary N) is 1. The van der Waals surface area contributed by atoms with E-state index in [1.54, 1.807) is 0 Å². The molecule has 0 atom stereocenters. The second-order valence-electron chi connectivity index (χ2n) is 10.5. The fourth-order valence-electron chi connectivity index (χ4n) is 4.70. The van der Waals surface area contributed by atoms with E-state index in [1.807, 2.05) is 32.3 Å². The van der Waals surface area contributed by atoms with Crippen molar-refractivity contribution in [2.45, 2.75) is 46.0 Å². The molecule has 0 spiro atoms. The highest BCUT2D eigenvalue weighted by atomic mass is 19.1. The summed E-state index contributed by atoms with van der Waals surface area (Å²) in [5.74, 6) is -0.200. The fourth-order valence-corrected chi connectivity index (χ4v) is 4.70. The molecule has 0 saturated carbocycles. The van der Waals surface area contributed by atoms with Gasteiger partial charge in [0.2, 0.25) is 0 Å². The molecular formula is C37H45FN2. The Morgan fingerprint density at radius 1 is 0.900 bits per heavy atom. The molecule has 2 aliphatic rings. The number of nitrogens with zero attached hydrogens (tertiary/aromatic N) is 1. The zero-order valence-electron chi connectivity index (χ0n) is 24.8. The van der Waals surface area contributed by atoms with E-state index in [9.17, 15) is 4.39 Å². The minimum atomic E-state index is -0.200. The number of rotatable bonds is 6. The molecule has 1 N–H and O–H groups in total. The third-order valence-electron chi connectivity index (χ3n) is 7.24. The maximum absolute atomic E-state index is 13.1. The van der Waals surface area contributed by atoms with Gasteiger partial charge in [0.15, 0.2) is 0 Å². The Morgan fingerprint density at radius 3 is 1.95 bits per heavy atom. The molecule has 0 amide bonds. The van der Waals surface area contributed by atoms with E-state index in [4.69, 9.17) is 0 Å². The van der Waals surface area contributed by atoms with Crippen LogP contribution >= 0.6 is 0 Å². The van der Waals surface area contributed by atoms with Gasteiger partial charge >= 0.3 is 0 Å². The van der Waals surface area contributed by atoms with Crippen LogP contribution in [0.2, 0.25) is 0 Å². The van der Waals surface area contributed by atoms with Gasteiger partial charge in [0, 0.05) is 19.8 Å². The molecule has 3 aromatic carbocycles. The lowest BCUT2D eigenvalue weighted by molar-refractivity contribution is 0.517. The van der Waals surface area contributed by atoms with Crippen molar-refractivity contribution in [1.29, 1.82) is 0 Å². The van der Waals surface area contributed by atoms with Gasteiger partial charge in [-0.15, -0.1) is 0 Å². The van der Waals surface area contributed by atoms with Crippen LogP contribution in [0.25, 0.3) is 22.3 Å². The Hall–Kier alpha value is -3.69. The minimum absolute atomic E-state index is 0.200. The molecule has 40 heavy (non-hydrogen) atoms. The highest BCUT2D eigenvalue weighted by Crippen LogP contribution is 2.29. The first-order valence-corrected chi connectivity index (χ1v) is 14.4. The second kappa shape index (κ2) is 15.8. The van der Waals surface area contributed by atoms with Crippen LogP contribution in [0.4, 0.5) is 4.39 Å². The molecule has 0 unspecified atom stereocenters. The van der Waals surface area contributed by atoms with E-state index in [-0.39, 0.29) is 5.82 Å². The number of hydrogen-bond acceptors (Lipinski definition) is 2. The summed E-state index contributed by atoms with van der Waals surface area (Å²) < 4.78 is 13.1. The van der Waals surface area contributed by atoms with E-state index >= 15 is 0 Å². The molecule has 5 rings (SSSR count). The van der Waals surface area contributed by atoms with E-state index in [0.717, 1.165) is 36.1 Å². The third kappa shape index (κ3) is 9.20. The lowest BCUT2D eigenvalue weighted by atomic mass is 9.95. The number of halogens is 1. The van der Waals surface area contributed by atoms with Crippen LogP contribution in [0.5, 0.6) is 0 Å².